The highest BCUT2D eigenvalue weighted by Gasteiger charge is 2.36. The maximum atomic E-state index is 13.3. The average Bonchev–Trinajstić information content (AvgIpc) is 3.15. The number of nitrogens with two attached hydrogens (primary N) is 1. The molecule has 1 atom stereocenters. The normalized spacial score (nSPS) is 15.6. The Morgan fingerprint density at radius 3 is 2.44 bits per heavy atom. The van der Waals surface area contributed by atoms with Crippen LogP contribution in [0.4, 0.5) is 5.69 Å². The summed E-state index contributed by atoms with van der Waals surface area (Å²) in [6.45, 7) is 4.61. The van der Waals surface area contributed by atoms with Crippen LogP contribution in [-0.4, -0.2) is 23.1 Å². The molecule has 5 heteroatoms. The molecule has 0 bridgehead atoms. The first-order chi connectivity index (χ1) is 13.1. The molecule has 4 rings (SSSR count). The summed E-state index contributed by atoms with van der Waals surface area (Å²) in [6, 6.07) is 20.2. The van der Waals surface area contributed by atoms with E-state index in [-0.39, 0.29) is 11.9 Å². The van der Waals surface area contributed by atoms with Crippen molar-refractivity contribution in [2.24, 2.45) is 0 Å². The molecule has 2 N–H and O–H groups in total. The minimum absolute atomic E-state index is 0.101. The van der Waals surface area contributed by atoms with Crippen LogP contribution in [0.5, 0.6) is 0 Å². The number of anilines is 1. The molecule has 1 aliphatic heterocycles. The van der Waals surface area contributed by atoms with Gasteiger partial charge in [0.15, 0.2) is 6.54 Å². The first kappa shape index (κ1) is 17.8. The standard InChI is InChI=1S/C22H22ClN3O/c1-15(2)24-14-21(27)26-19-7-4-3-6-18(19)25-13-5-8-20(25)22(26)16-9-11-17(23)12-10-16/h3-13,15,22,24H,14H2,1-2H3/p+1/t22-/m0/s1. The van der Waals surface area contributed by atoms with Crippen LogP contribution in [-0.2, 0) is 4.79 Å². The van der Waals surface area contributed by atoms with Crippen molar-refractivity contribution in [3.8, 4) is 5.69 Å². The number of hydrogen-bond donors (Lipinski definition) is 1. The highest BCUT2D eigenvalue weighted by atomic mass is 35.5. The summed E-state index contributed by atoms with van der Waals surface area (Å²) >= 11 is 6.10. The molecule has 3 aromatic rings. The van der Waals surface area contributed by atoms with Crippen LogP contribution in [0.1, 0.15) is 31.1 Å². The predicted molar refractivity (Wildman–Crippen MR) is 108 cm³/mol. The molecule has 0 fully saturated rings. The molecule has 138 valence electrons. The number of nitrogens with zero attached hydrogens (tertiary/aromatic N) is 2. The van der Waals surface area contributed by atoms with Gasteiger partial charge in [0.2, 0.25) is 0 Å². The van der Waals surface area contributed by atoms with E-state index in [1.165, 1.54) is 0 Å². The zero-order valence-electron chi connectivity index (χ0n) is 15.5. The van der Waals surface area contributed by atoms with Gasteiger partial charge in [0.05, 0.1) is 23.1 Å². The Kier molecular flexibility index (Phi) is 4.77. The van der Waals surface area contributed by atoms with Gasteiger partial charge in [0.25, 0.3) is 5.91 Å². The summed E-state index contributed by atoms with van der Waals surface area (Å²) in [6.07, 6.45) is 2.05. The van der Waals surface area contributed by atoms with E-state index in [4.69, 9.17) is 11.6 Å². The molecule has 0 spiro atoms. The van der Waals surface area contributed by atoms with Crippen molar-refractivity contribution < 1.29 is 10.1 Å². The number of aromatic nitrogens is 1. The van der Waals surface area contributed by atoms with Crippen LogP contribution < -0.4 is 10.2 Å². The second-order valence-corrected chi connectivity index (χ2v) is 7.63. The lowest BCUT2D eigenvalue weighted by atomic mass is 9.97. The Balaban J connectivity index is 1.86. The van der Waals surface area contributed by atoms with Crippen LogP contribution in [0, 0.1) is 0 Å². The van der Waals surface area contributed by atoms with Crippen LogP contribution >= 0.6 is 11.6 Å². The first-order valence-corrected chi connectivity index (χ1v) is 9.61. The second kappa shape index (κ2) is 7.22. The summed E-state index contributed by atoms with van der Waals surface area (Å²) in [5.74, 6) is 0.101. The molecule has 4 nitrogen and oxygen atoms in total. The minimum atomic E-state index is -0.180. The van der Waals surface area contributed by atoms with Gasteiger partial charge in [0.1, 0.15) is 6.04 Å². The maximum Gasteiger partial charge on any atom is 0.283 e. The number of benzene rings is 2. The van der Waals surface area contributed by atoms with Gasteiger partial charge >= 0.3 is 0 Å². The van der Waals surface area contributed by atoms with E-state index in [9.17, 15) is 4.79 Å². The number of carbonyl (C=O) groups is 1. The third-order valence-corrected chi connectivity index (χ3v) is 5.19. The van der Waals surface area contributed by atoms with Crippen molar-refractivity contribution in [1.82, 2.24) is 4.57 Å². The number of amides is 1. The quantitative estimate of drug-likeness (QED) is 0.739. The number of rotatable bonds is 4. The number of fused-ring (bicyclic) bond motifs is 3. The summed E-state index contributed by atoms with van der Waals surface area (Å²) in [7, 11) is 0. The van der Waals surface area contributed by atoms with E-state index in [1.54, 1.807) is 0 Å². The van der Waals surface area contributed by atoms with Gasteiger partial charge in [0, 0.05) is 11.2 Å². The maximum absolute atomic E-state index is 13.3. The van der Waals surface area contributed by atoms with Crippen molar-refractivity contribution >= 4 is 23.2 Å². The van der Waals surface area contributed by atoms with Crippen molar-refractivity contribution in [3.63, 3.8) is 0 Å². The molecular weight excluding hydrogens is 358 g/mol. The lowest BCUT2D eigenvalue weighted by Crippen LogP contribution is -2.90. The van der Waals surface area contributed by atoms with Gasteiger partial charge in [-0.15, -0.1) is 0 Å². The summed E-state index contributed by atoms with van der Waals surface area (Å²) in [5.41, 5.74) is 4.09. The topological polar surface area (TPSA) is 41.9 Å². The average molecular weight is 381 g/mol. The summed E-state index contributed by atoms with van der Waals surface area (Å²) < 4.78 is 2.17. The Morgan fingerprint density at radius 1 is 1.04 bits per heavy atom. The largest absolute Gasteiger partial charge is 0.336 e. The van der Waals surface area contributed by atoms with Crippen molar-refractivity contribution in [2.75, 3.05) is 11.4 Å². The molecule has 1 aliphatic rings. The molecule has 0 aliphatic carbocycles. The second-order valence-electron chi connectivity index (χ2n) is 7.19. The molecule has 2 heterocycles. The lowest BCUT2D eigenvalue weighted by Gasteiger charge is -2.38. The van der Waals surface area contributed by atoms with Gasteiger partial charge < -0.3 is 9.88 Å². The Morgan fingerprint density at radius 2 is 1.74 bits per heavy atom. The third-order valence-electron chi connectivity index (χ3n) is 4.94. The summed E-state index contributed by atoms with van der Waals surface area (Å²) in [5, 5.41) is 2.76. The minimum Gasteiger partial charge on any atom is -0.336 e. The lowest BCUT2D eigenvalue weighted by molar-refractivity contribution is -0.672. The first-order valence-electron chi connectivity index (χ1n) is 9.24. The Hall–Kier alpha value is -2.56. The van der Waals surface area contributed by atoms with Crippen molar-refractivity contribution in [2.45, 2.75) is 25.9 Å². The Labute approximate surface area is 164 Å². The monoisotopic (exact) mass is 380 g/mol. The molecular formula is C22H23ClN3O+. The van der Waals surface area contributed by atoms with E-state index in [1.807, 2.05) is 53.4 Å². The number of carbonyl (C=O) groups excluding carboxylic acids is 1. The van der Waals surface area contributed by atoms with Gasteiger partial charge in [-0.1, -0.05) is 35.9 Å². The number of hydrogen-bond acceptors (Lipinski definition) is 1. The van der Waals surface area contributed by atoms with Gasteiger partial charge in [-0.2, -0.15) is 0 Å². The van der Waals surface area contributed by atoms with E-state index in [0.717, 1.165) is 22.6 Å². The molecule has 2 aromatic carbocycles. The fraction of sp³-hybridized carbons (Fsp3) is 0.227. The zero-order chi connectivity index (χ0) is 19.0. The SMILES string of the molecule is CC(C)[NH2+]CC(=O)N1c2ccccc2-n2cccc2[C@@H]1c1ccc(Cl)cc1. The molecule has 27 heavy (non-hydrogen) atoms. The molecule has 1 amide bonds. The molecule has 1 aromatic heterocycles. The van der Waals surface area contributed by atoms with Crippen LogP contribution in [0.15, 0.2) is 66.9 Å². The fourth-order valence-electron chi connectivity index (χ4n) is 3.66. The smallest absolute Gasteiger partial charge is 0.283 e. The molecule has 0 saturated carbocycles. The molecule has 0 saturated heterocycles. The molecule has 0 radical (unpaired) electrons. The zero-order valence-corrected chi connectivity index (χ0v) is 16.2. The number of quaternary nitrogens is 1. The highest BCUT2D eigenvalue weighted by molar-refractivity contribution is 6.30. The van der Waals surface area contributed by atoms with Crippen LogP contribution in [0.25, 0.3) is 5.69 Å². The Bertz CT molecular complexity index is 962. The van der Waals surface area contributed by atoms with Gasteiger partial charge in [-0.05, 0) is 55.8 Å². The van der Waals surface area contributed by atoms with Crippen molar-refractivity contribution in [1.29, 1.82) is 0 Å². The predicted octanol–water partition coefficient (Wildman–Crippen LogP) is 3.54. The number of para-hydroxylation sites is 2. The van der Waals surface area contributed by atoms with Gasteiger partial charge in [-0.25, -0.2) is 0 Å². The highest BCUT2D eigenvalue weighted by Crippen LogP contribution is 2.42. The number of halogens is 1. The summed E-state index contributed by atoms with van der Waals surface area (Å²) in [4.78, 5) is 15.2. The van der Waals surface area contributed by atoms with E-state index in [0.29, 0.717) is 17.6 Å². The van der Waals surface area contributed by atoms with Gasteiger partial charge in [-0.3, -0.25) is 9.69 Å². The van der Waals surface area contributed by atoms with Crippen LogP contribution in [0.2, 0.25) is 5.02 Å². The fourth-order valence-corrected chi connectivity index (χ4v) is 3.78. The van der Waals surface area contributed by atoms with Crippen LogP contribution in [0.3, 0.4) is 0 Å². The molecule has 0 unspecified atom stereocenters. The van der Waals surface area contributed by atoms with Crippen molar-refractivity contribution in [3.05, 3.63) is 83.1 Å². The van der Waals surface area contributed by atoms with E-state index >= 15 is 0 Å². The van der Waals surface area contributed by atoms with E-state index in [2.05, 4.69) is 42.1 Å². The van der Waals surface area contributed by atoms with E-state index < -0.39 is 0 Å². The third kappa shape index (κ3) is 3.27.